The highest BCUT2D eigenvalue weighted by atomic mass is 35.5. The fourth-order valence-corrected chi connectivity index (χ4v) is 5.33. The van der Waals surface area contributed by atoms with E-state index in [1.54, 1.807) is 0 Å². The van der Waals surface area contributed by atoms with E-state index < -0.39 is 9.84 Å². The molecule has 1 aromatic rings. The summed E-state index contributed by atoms with van der Waals surface area (Å²) >= 11 is 6.53. The van der Waals surface area contributed by atoms with Crippen molar-refractivity contribution < 1.29 is 13.2 Å². The number of benzene rings is 1. The van der Waals surface area contributed by atoms with Crippen LogP contribution < -0.4 is 4.74 Å². The molecule has 2 heterocycles. The van der Waals surface area contributed by atoms with Crippen LogP contribution in [0.3, 0.4) is 0 Å². The maximum Gasteiger partial charge on any atom is 0.150 e. The topological polar surface area (TPSA) is 43.4 Å². The molecule has 5 heteroatoms. The molecule has 2 unspecified atom stereocenters. The van der Waals surface area contributed by atoms with Crippen LogP contribution in [0.15, 0.2) is 18.2 Å². The van der Waals surface area contributed by atoms with E-state index in [-0.39, 0.29) is 28.2 Å². The fourth-order valence-electron chi connectivity index (χ4n) is 3.04. The third kappa shape index (κ3) is 2.44. The molecule has 20 heavy (non-hydrogen) atoms. The monoisotopic (exact) mass is 314 g/mol. The maximum absolute atomic E-state index is 11.6. The van der Waals surface area contributed by atoms with Crippen LogP contribution >= 0.6 is 11.6 Å². The van der Waals surface area contributed by atoms with Gasteiger partial charge >= 0.3 is 0 Å². The number of hydrogen-bond acceptors (Lipinski definition) is 3. The van der Waals surface area contributed by atoms with Gasteiger partial charge < -0.3 is 4.74 Å². The molecule has 3 nitrogen and oxygen atoms in total. The highest BCUT2D eigenvalue weighted by Crippen LogP contribution is 2.43. The highest BCUT2D eigenvalue weighted by Gasteiger charge is 2.36. The smallest absolute Gasteiger partial charge is 0.150 e. The van der Waals surface area contributed by atoms with Crippen molar-refractivity contribution >= 4 is 21.4 Å². The van der Waals surface area contributed by atoms with E-state index in [0.29, 0.717) is 13.0 Å². The molecular formula is C15H19ClO3S. The molecule has 0 spiro atoms. The Labute approximate surface area is 125 Å². The highest BCUT2D eigenvalue weighted by molar-refractivity contribution is 7.91. The normalized spacial score (nSPS) is 27.9. The lowest BCUT2D eigenvalue weighted by Crippen LogP contribution is -2.18. The molecule has 0 aliphatic carbocycles. The summed E-state index contributed by atoms with van der Waals surface area (Å²) in [5, 5.41) is -0.242. The zero-order chi connectivity index (χ0) is 14.5. The molecule has 0 amide bonds. The van der Waals surface area contributed by atoms with E-state index in [0.717, 1.165) is 11.3 Å². The van der Waals surface area contributed by atoms with Crippen molar-refractivity contribution in [2.75, 3.05) is 18.1 Å². The molecule has 1 aromatic carbocycles. The first-order valence-corrected chi connectivity index (χ1v) is 9.16. The summed E-state index contributed by atoms with van der Waals surface area (Å²) in [7, 11) is -2.89. The standard InChI is InChI=1S/C15H19ClO3S/c1-15(2)9-19-13-4-3-10(7-12(13)15)14(16)11-5-6-20(17,18)8-11/h3-4,7,11,14H,5-6,8-9H2,1-2H3. The second-order valence-electron chi connectivity index (χ2n) is 6.49. The molecule has 1 saturated heterocycles. The van der Waals surface area contributed by atoms with Crippen LogP contribution in [-0.2, 0) is 15.3 Å². The molecule has 0 N–H and O–H groups in total. The number of alkyl halides is 1. The summed E-state index contributed by atoms with van der Waals surface area (Å²) in [5.74, 6) is 1.41. The van der Waals surface area contributed by atoms with Gasteiger partial charge in [-0.3, -0.25) is 0 Å². The predicted octanol–water partition coefficient (Wildman–Crippen LogP) is 3.07. The van der Waals surface area contributed by atoms with Crippen LogP contribution in [0.5, 0.6) is 5.75 Å². The Morgan fingerprint density at radius 1 is 1.40 bits per heavy atom. The summed E-state index contributed by atoms with van der Waals surface area (Å²) in [6, 6.07) is 6.01. The predicted molar refractivity (Wildman–Crippen MR) is 80.3 cm³/mol. The number of ether oxygens (including phenoxy) is 1. The Kier molecular flexibility index (Phi) is 3.29. The molecular weight excluding hydrogens is 296 g/mol. The molecule has 3 rings (SSSR count). The zero-order valence-corrected chi connectivity index (χ0v) is 13.3. The first-order chi connectivity index (χ1) is 9.28. The average Bonchev–Trinajstić information content (AvgIpc) is 2.89. The van der Waals surface area contributed by atoms with Gasteiger partial charge in [-0.1, -0.05) is 19.9 Å². The SMILES string of the molecule is CC1(C)COc2ccc(C(Cl)C3CCS(=O)(=O)C3)cc21. The summed E-state index contributed by atoms with van der Waals surface area (Å²) in [6.45, 7) is 4.97. The summed E-state index contributed by atoms with van der Waals surface area (Å²) in [6.07, 6.45) is 0.660. The van der Waals surface area contributed by atoms with Gasteiger partial charge in [0, 0.05) is 11.0 Å². The van der Waals surface area contributed by atoms with Gasteiger partial charge in [-0.25, -0.2) is 8.42 Å². The Bertz CT molecular complexity index is 637. The second kappa shape index (κ2) is 4.63. The van der Waals surface area contributed by atoms with E-state index >= 15 is 0 Å². The average molecular weight is 315 g/mol. The van der Waals surface area contributed by atoms with Gasteiger partial charge in [-0.15, -0.1) is 11.6 Å². The lowest BCUT2D eigenvalue weighted by atomic mass is 9.85. The summed E-state index contributed by atoms with van der Waals surface area (Å²) in [4.78, 5) is 0. The number of rotatable bonds is 2. The number of fused-ring (bicyclic) bond motifs is 1. The van der Waals surface area contributed by atoms with Crippen molar-refractivity contribution in [1.29, 1.82) is 0 Å². The quantitative estimate of drug-likeness (QED) is 0.788. The van der Waals surface area contributed by atoms with Crippen LogP contribution in [0.2, 0.25) is 0 Å². The van der Waals surface area contributed by atoms with Gasteiger partial charge in [0.15, 0.2) is 9.84 Å². The van der Waals surface area contributed by atoms with Gasteiger partial charge in [0.2, 0.25) is 0 Å². The Morgan fingerprint density at radius 2 is 2.15 bits per heavy atom. The molecule has 110 valence electrons. The lowest BCUT2D eigenvalue weighted by Gasteiger charge is -2.19. The van der Waals surface area contributed by atoms with Crippen molar-refractivity contribution in [3.63, 3.8) is 0 Å². The fraction of sp³-hybridized carbons (Fsp3) is 0.600. The van der Waals surface area contributed by atoms with Gasteiger partial charge in [0.25, 0.3) is 0 Å². The van der Waals surface area contributed by atoms with Gasteiger partial charge in [-0.05, 0) is 30.0 Å². The maximum atomic E-state index is 11.6. The number of halogens is 1. The summed E-state index contributed by atoms with van der Waals surface area (Å²) in [5.41, 5.74) is 2.16. The first kappa shape index (κ1) is 14.2. The van der Waals surface area contributed by atoms with Crippen LogP contribution in [0.1, 0.15) is 36.8 Å². The van der Waals surface area contributed by atoms with Crippen LogP contribution in [-0.4, -0.2) is 26.5 Å². The van der Waals surface area contributed by atoms with Crippen molar-refractivity contribution in [3.05, 3.63) is 29.3 Å². The largest absolute Gasteiger partial charge is 0.492 e. The van der Waals surface area contributed by atoms with Crippen LogP contribution in [0.25, 0.3) is 0 Å². The molecule has 0 saturated carbocycles. The second-order valence-corrected chi connectivity index (χ2v) is 9.19. The van der Waals surface area contributed by atoms with Crippen molar-refractivity contribution in [2.24, 2.45) is 5.92 Å². The number of hydrogen-bond donors (Lipinski definition) is 0. The van der Waals surface area contributed by atoms with Gasteiger partial charge in [0.1, 0.15) is 5.75 Å². The third-order valence-electron chi connectivity index (χ3n) is 4.32. The van der Waals surface area contributed by atoms with Gasteiger partial charge in [0.05, 0.1) is 23.5 Å². The Morgan fingerprint density at radius 3 is 2.80 bits per heavy atom. The van der Waals surface area contributed by atoms with Gasteiger partial charge in [-0.2, -0.15) is 0 Å². The molecule has 0 bridgehead atoms. The Hall–Kier alpha value is -0.740. The third-order valence-corrected chi connectivity index (χ3v) is 6.72. The van der Waals surface area contributed by atoms with E-state index in [1.165, 1.54) is 5.56 Å². The van der Waals surface area contributed by atoms with E-state index in [9.17, 15) is 8.42 Å². The molecule has 2 atom stereocenters. The minimum absolute atomic E-state index is 0.0102. The minimum atomic E-state index is -2.89. The molecule has 2 aliphatic rings. The van der Waals surface area contributed by atoms with E-state index in [4.69, 9.17) is 16.3 Å². The molecule has 0 radical (unpaired) electrons. The van der Waals surface area contributed by atoms with Crippen molar-refractivity contribution in [3.8, 4) is 5.75 Å². The van der Waals surface area contributed by atoms with E-state index in [2.05, 4.69) is 19.9 Å². The Balaban J connectivity index is 1.89. The van der Waals surface area contributed by atoms with E-state index in [1.807, 2.05) is 12.1 Å². The van der Waals surface area contributed by atoms with Crippen LogP contribution in [0, 0.1) is 5.92 Å². The van der Waals surface area contributed by atoms with Crippen molar-refractivity contribution in [2.45, 2.75) is 31.1 Å². The van der Waals surface area contributed by atoms with Crippen LogP contribution in [0.4, 0.5) is 0 Å². The lowest BCUT2D eigenvalue weighted by molar-refractivity contribution is 0.291. The molecule has 0 aromatic heterocycles. The first-order valence-electron chi connectivity index (χ1n) is 6.90. The molecule has 1 fully saturated rings. The molecule has 2 aliphatic heterocycles. The minimum Gasteiger partial charge on any atom is -0.492 e. The zero-order valence-electron chi connectivity index (χ0n) is 11.7. The summed E-state index contributed by atoms with van der Waals surface area (Å²) < 4.78 is 28.8. The van der Waals surface area contributed by atoms with Crippen molar-refractivity contribution in [1.82, 2.24) is 0 Å². The number of sulfone groups is 1.